The van der Waals surface area contributed by atoms with Crippen LogP contribution in [0.15, 0.2) is 121 Å². The molecule has 4 heterocycles. The molecule has 10 aromatic rings. The number of hydrogen-bond acceptors (Lipinski definition) is 1. The van der Waals surface area contributed by atoms with Gasteiger partial charge in [-0.25, -0.2) is 0 Å². The number of nitrogens with zero attached hydrogens (tertiary/aromatic N) is 3. The van der Waals surface area contributed by atoms with E-state index in [1.54, 1.807) is 0 Å². The number of rotatable bonds is 2. The Morgan fingerprint density at radius 1 is 0.577 bits per heavy atom. The Balaban J connectivity index is 0.00000517. The maximum absolute atomic E-state index is 4.15. The summed E-state index contributed by atoms with van der Waals surface area (Å²) in [4.78, 5) is 2.66. The molecule has 0 fully saturated rings. The molecule has 3 aliphatic rings. The van der Waals surface area contributed by atoms with Crippen molar-refractivity contribution in [2.75, 3.05) is 4.90 Å². The third-order valence-electron chi connectivity index (χ3n) is 16.6. The van der Waals surface area contributed by atoms with Gasteiger partial charge >= 0.3 is 19.8 Å². The van der Waals surface area contributed by atoms with Crippen LogP contribution in [-0.4, -0.2) is 15.8 Å². The molecule has 0 bridgehead atoms. The molecule has 0 saturated carbocycles. The van der Waals surface area contributed by atoms with Crippen molar-refractivity contribution in [3.63, 3.8) is 0 Å². The molecule has 0 N–H and O–H groups in total. The first kappa shape index (κ1) is 46.0. The molecule has 0 radical (unpaired) electrons. The molecule has 0 unspecified atom stereocenters. The van der Waals surface area contributed by atoms with E-state index in [1.165, 1.54) is 133 Å². The van der Waals surface area contributed by atoms with Crippen LogP contribution < -0.4 is 21.3 Å². The molecule has 352 valence electrons. The Morgan fingerprint density at radius 2 is 1.30 bits per heavy atom. The summed E-state index contributed by atoms with van der Waals surface area (Å²) in [5, 5.41) is 5.18. The maximum Gasteiger partial charge on any atom is 2.00 e. The molecule has 13 rings (SSSR count). The van der Waals surface area contributed by atoms with Gasteiger partial charge in [-0.05, 0) is 118 Å². The summed E-state index contributed by atoms with van der Waals surface area (Å²) in [6.07, 6.45) is 0. The number of aromatic nitrogens is 2. The standard InChI is InChI=1S/C66H62BN3.Os/c1-37-22-28-53-45(30-37)46-34-52-57(36-55(46)69(53)61-38(2)18-17-19-39(61)3)68(42-25-26-44-43-20-15-16-21-48(43)66(13,14)49(44)33-42)58-35-50(65(10,11)12)59-47-31-40(63(4,5)6)24-29-54(47)70-56-32-41(64(7,8)9)23-27-51(56)67(52)60(58)62(59)70;/h15-28,30-31,33-36H,1-14H3;/q-2;+2. The molecule has 8 aromatic carbocycles. The normalized spacial score (nSPS) is 14.6. The molecule has 3 nitrogen and oxygen atoms in total. The van der Waals surface area contributed by atoms with Gasteiger partial charge < -0.3 is 14.0 Å². The number of aryl methyl sites for hydroxylation is 3. The van der Waals surface area contributed by atoms with Crippen molar-refractivity contribution in [2.45, 2.75) is 119 Å². The van der Waals surface area contributed by atoms with Crippen LogP contribution in [0.3, 0.4) is 0 Å². The monoisotopic (exact) mass is 1100 g/mol. The van der Waals surface area contributed by atoms with E-state index in [4.69, 9.17) is 0 Å². The van der Waals surface area contributed by atoms with Crippen LogP contribution in [0.25, 0.3) is 66.1 Å². The van der Waals surface area contributed by atoms with E-state index in [0.717, 1.165) is 11.2 Å². The summed E-state index contributed by atoms with van der Waals surface area (Å²) in [6, 6.07) is 55.5. The Bertz CT molecular complexity index is 3950. The third kappa shape index (κ3) is 6.31. The molecule has 0 spiro atoms. The van der Waals surface area contributed by atoms with Crippen LogP contribution in [0.2, 0.25) is 0 Å². The number of anilines is 3. The third-order valence-corrected chi connectivity index (χ3v) is 16.6. The maximum atomic E-state index is 4.15. The fourth-order valence-corrected chi connectivity index (χ4v) is 12.9. The minimum Gasteiger partial charge on any atom is -0.359 e. The van der Waals surface area contributed by atoms with Gasteiger partial charge in [0.2, 0.25) is 0 Å². The van der Waals surface area contributed by atoms with Gasteiger partial charge in [-0.15, -0.1) is 16.4 Å². The van der Waals surface area contributed by atoms with Gasteiger partial charge in [0.25, 0.3) is 0 Å². The van der Waals surface area contributed by atoms with Crippen molar-refractivity contribution in [1.82, 2.24) is 9.13 Å². The molecule has 0 saturated heterocycles. The zero-order valence-corrected chi connectivity index (χ0v) is 46.4. The molecule has 0 amide bonds. The summed E-state index contributed by atoms with van der Waals surface area (Å²) >= 11 is 0. The van der Waals surface area contributed by atoms with Crippen LogP contribution in [0.1, 0.15) is 121 Å². The first-order valence-electron chi connectivity index (χ1n) is 25.5. The second-order valence-electron chi connectivity index (χ2n) is 24.7. The van der Waals surface area contributed by atoms with Crippen LogP contribution in [0.4, 0.5) is 17.1 Å². The molecule has 1 aliphatic carbocycles. The van der Waals surface area contributed by atoms with Gasteiger partial charge in [0.15, 0.2) is 6.71 Å². The largest absolute Gasteiger partial charge is 2.00 e. The summed E-state index contributed by atoms with van der Waals surface area (Å²) in [5.41, 5.74) is 27.5. The number of para-hydroxylation sites is 1. The van der Waals surface area contributed by atoms with E-state index in [1.807, 2.05) is 0 Å². The molecule has 71 heavy (non-hydrogen) atoms. The van der Waals surface area contributed by atoms with Crippen molar-refractivity contribution < 1.29 is 19.8 Å². The van der Waals surface area contributed by atoms with Crippen molar-refractivity contribution in [1.29, 1.82) is 0 Å². The number of benzene rings is 8. The molecular weight excluding hydrogens is 1040 g/mol. The van der Waals surface area contributed by atoms with Gasteiger partial charge in [-0.3, -0.25) is 0 Å². The van der Waals surface area contributed by atoms with Crippen LogP contribution in [-0.2, 0) is 41.5 Å². The Morgan fingerprint density at radius 3 is 2.01 bits per heavy atom. The summed E-state index contributed by atoms with van der Waals surface area (Å²) in [6.45, 7) is 32.7. The molecular formula is C66H62BN3Os. The predicted molar refractivity (Wildman–Crippen MR) is 300 cm³/mol. The molecule has 5 heteroatoms. The smallest absolute Gasteiger partial charge is 0.359 e. The zero-order chi connectivity index (χ0) is 48.9. The van der Waals surface area contributed by atoms with E-state index in [-0.39, 0.29) is 48.2 Å². The first-order valence-corrected chi connectivity index (χ1v) is 25.5. The van der Waals surface area contributed by atoms with Gasteiger partial charge in [-0.1, -0.05) is 164 Å². The van der Waals surface area contributed by atoms with Gasteiger partial charge in [0, 0.05) is 38.8 Å². The van der Waals surface area contributed by atoms with E-state index in [9.17, 15) is 0 Å². The van der Waals surface area contributed by atoms with Crippen molar-refractivity contribution in [3.8, 4) is 22.5 Å². The van der Waals surface area contributed by atoms with Crippen molar-refractivity contribution in [2.24, 2.45) is 0 Å². The van der Waals surface area contributed by atoms with Crippen LogP contribution in [0.5, 0.6) is 0 Å². The first-order chi connectivity index (χ1) is 33.1. The quantitative estimate of drug-likeness (QED) is 0.124. The second kappa shape index (κ2) is 15.0. The Hall–Kier alpha value is -6.14. The van der Waals surface area contributed by atoms with Crippen LogP contribution in [0, 0.1) is 32.9 Å². The summed E-state index contributed by atoms with van der Waals surface area (Å²) in [7, 11) is 0. The number of fused-ring (bicyclic) bond motifs is 14. The van der Waals surface area contributed by atoms with Gasteiger partial charge in [0.05, 0.1) is 16.7 Å². The topological polar surface area (TPSA) is 13.1 Å². The summed E-state index contributed by atoms with van der Waals surface area (Å²) in [5.74, 6) is 0. The average molecular weight is 1100 g/mol. The minimum atomic E-state index is -0.192. The Labute approximate surface area is 434 Å². The van der Waals surface area contributed by atoms with E-state index in [0.29, 0.717) is 0 Å². The van der Waals surface area contributed by atoms with Crippen LogP contribution >= 0.6 is 0 Å². The fraction of sp³-hybridized carbons (Fsp3) is 0.273. The zero-order valence-electron chi connectivity index (χ0n) is 43.8. The fourth-order valence-electron chi connectivity index (χ4n) is 12.9. The average Bonchev–Trinajstić information content (AvgIpc) is 3.88. The van der Waals surface area contributed by atoms with Crippen molar-refractivity contribution >= 4 is 83.8 Å². The predicted octanol–water partition coefficient (Wildman–Crippen LogP) is 15.2. The minimum absolute atomic E-state index is 0. The molecule has 2 aliphatic heterocycles. The van der Waals surface area contributed by atoms with Gasteiger partial charge in [-0.2, -0.15) is 42.0 Å². The number of hydrogen-bond donors (Lipinski definition) is 0. The SMILES string of the molecule is Cc1ccc2c(c1)c1cc3c(cc1n2-c1c(C)cccc1C)N(c1ccc2c(c1)C(C)(C)c1ccccc1-2)c1cc(C(C)(C)C)c2c4cc(C(C)(C)C)c[c-]c4n4c2c1B3c1ccc(C(C)(C)C)[c-]c1-4.[Os+2]. The van der Waals surface area contributed by atoms with E-state index in [2.05, 4.69) is 244 Å². The van der Waals surface area contributed by atoms with Crippen molar-refractivity contribution in [3.05, 3.63) is 178 Å². The van der Waals surface area contributed by atoms with E-state index < -0.39 is 0 Å². The van der Waals surface area contributed by atoms with Gasteiger partial charge in [0.1, 0.15) is 0 Å². The summed E-state index contributed by atoms with van der Waals surface area (Å²) < 4.78 is 5.14. The van der Waals surface area contributed by atoms with E-state index >= 15 is 0 Å². The second-order valence-corrected chi connectivity index (χ2v) is 24.7. The Kier molecular flexibility index (Phi) is 9.69. The molecule has 2 aromatic heterocycles. The molecule has 0 atom stereocenters.